The van der Waals surface area contributed by atoms with Crippen molar-refractivity contribution in [2.75, 3.05) is 0 Å². The van der Waals surface area contributed by atoms with Gasteiger partial charge in [-0.2, -0.15) is 0 Å². The molecule has 0 amide bonds. The molecule has 2 N–H and O–H groups in total. The van der Waals surface area contributed by atoms with Gasteiger partial charge in [-0.15, -0.1) is 0 Å². The quantitative estimate of drug-likeness (QED) is 0.144. The van der Waals surface area contributed by atoms with Crippen LogP contribution >= 0.6 is 0 Å². The van der Waals surface area contributed by atoms with Crippen LogP contribution in [0.5, 0.6) is 11.5 Å². The molecule has 0 aliphatic rings. The van der Waals surface area contributed by atoms with Crippen molar-refractivity contribution in [3.8, 4) is 11.5 Å². The summed E-state index contributed by atoms with van der Waals surface area (Å²) in [5.41, 5.74) is 6.58. The van der Waals surface area contributed by atoms with E-state index in [2.05, 4.69) is 0 Å². The molecule has 0 bridgehead atoms. The molecule has 0 radical (unpaired) electrons. The number of carbonyl (C=O) groups is 4. The molecule has 0 fully saturated rings. The first-order valence-corrected chi connectivity index (χ1v) is 14.6. The Balaban J connectivity index is 2.97. The van der Waals surface area contributed by atoms with Crippen molar-refractivity contribution in [1.29, 1.82) is 0 Å². The van der Waals surface area contributed by atoms with Crippen molar-refractivity contribution in [2.45, 2.75) is 119 Å². The van der Waals surface area contributed by atoms with Gasteiger partial charge in [-0.1, -0.05) is 47.6 Å². The molecule has 1 rings (SSSR count). The molecule has 0 aliphatic heterocycles. The summed E-state index contributed by atoms with van der Waals surface area (Å²) in [7, 11) is 0. The van der Waals surface area contributed by atoms with Crippen LogP contribution in [0.1, 0.15) is 81.7 Å². The first-order chi connectivity index (χ1) is 19.9. The second-order valence-corrected chi connectivity index (χ2v) is 11.7. The topological polar surface area (TPSA) is 159 Å². The van der Waals surface area contributed by atoms with E-state index in [9.17, 15) is 19.2 Å². The average molecular weight is 612 g/mol. The third-order valence-electron chi connectivity index (χ3n) is 7.06. The van der Waals surface area contributed by atoms with Gasteiger partial charge in [0.15, 0.2) is 11.5 Å². The maximum Gasteiger partial charge on any atom is 0.514 e. The number of esters is 1. The number of rotatable bonds is 14. The predicted molar refractivity (Wildman–Crippen MR) is 158 cm³/mol. The SMILES string of the molecule is CC(C)C(C)OC(=O)Oc1ccc(C[C@H](N)C(=O)O[C@@H](C)[C@H](C)OC(=O)OC(C)C(C)C)cc1OC(=O)OC(C)C(C)C. The predicted octanol–water partition coefficient (Wildman–Crippen LogP) is 6.19. The van der Waals surface area contributed by atoms with Gasteiger partial charge in [0.1, 0.15) is 36.6 Å². The highest BCUT2D eigenvalue weighted by molar-refractivity contribution is 5.76. The van der Waals surface area contributed by atoms with Crippen molar-refractivity contribution in [3.05, 3.63) is 23.8 Å². The van der Waals surface area contributed by atoms with Crippen LogP contribution in [-0.4, -0.2) is 61.0 Å². The molecule has 6 atom stereocenters. The number of ether oxygens (including phenoxy) is 7. The number of carbonyl (C=O) groups excluding carboxylic acids is 4. The highest BCUT2D eigenvalue weighted by atomic mass is 16.8. The molecular formula is C31H49NO11. The standard InChI is InChI=1S/C31H49NO11/c1-16(2)19(7)38-29(34)41-23(11)22(10)37-28(33)25(32)14-24-12-13-26(42-30(35)39-20(8)17(3)4)27(15-24)43-31(36)40-21(9)18(5)6/h12-13,15-23,25H,14,32H2,1-11H3/t19?,20?,21?,22-,23-,25-/m0/s1. The molecule has 0 heterocycles. The van der Waals surface area contributed by atoms with Gasteiger partial charge in [0, 0.05) is 0 Å². The summed E-state index contributed by atoms with van der Waals surface area (Å²) in [6.07, 6.45) is -5.65. The molecule has 1 aromatic carbocycles. The first-order valence-electron chi connectivity index (χ1n) is 14.6. The molecule has 0 saturated carbocycles. The van der Waals surface area contributed by atoms with E-state index in [1.54, 1.807) is 40.7 Å². The molecule has 0 saturated heterocycles. The van der Waals surface area contributed by atoms with Gasteiger partial charge in [0.05, 0.1) is 0 Å². The zero-order chi connectivity index (χ0) is 33.0. The largest absolute Gasteiger partial charge is 0.514 e. The van der Waals surface area contributed by atoms with E-state index in [1.807, 2.05) is 41.5 Å². The van der Waals surface area contributed by atoms with E-state index >= 15 is 0 Å². The summed E-state index contributed by atoms with van der Waals surface area (Å²) in [6.45, 7) is 19.7. The highest BCUT2D eigenvalue weighted by Crippen LogP contribution is 2.30. The van der Waals surface area contributed by atoms with Gasteiger partial charge in [0.2, 0.25) is 0 Å². The smallest absolute Gasteiger partial charge is 0.458 e. The van der Waals surface area contributed by atoms with Crippen LogP contribution in [0.15, 0.2) is 18.2 Å². The minimum absolute atomic E-state index is 0.0162. The third-order valence-corrected chi connectivity index (χ3v) is 7.06. The fraction of sp³-hybridized carbons (Fsp3) is 0.677. The van der Waals surface area contributed by atoms with Gasteiger partial charge >= 0.3 is 24.4 Å². The Morgan fingerprint density at radius 3 is 1.42 bits per heavy atom. The third kappa shape index (κ3) is 13.5. The van der Waals surface area contributed by atoms with Crippen LogP contribution in [0.2, 0.25) is 0 Å². The summed E-state index contributed by atoms with van der Waals surface area (Å²) in [5.74, 6) is -0.758. The Kier molecular flexibility index (Phi) is 15.3. The van der Waals surface area contributed by atoms with Crippen LogP contribution in [0.4, 0.5) is 14.4 Å². The lowest BCUT2D eigenvalue weighted by atomic mass is 10.1. The number of benzene rings is 1. The van der Waals surface area contributed by atoms with Crippen LogP contribution < -0.4 is 15.2 Å². The van der Waals surface area contributed by atoms with E-state index < -0.39 is 54.9 Å². The number of nitrogens with two attached hydrogens (primary N) is 1. The summed E-state index contributed by atoms with van der Waals surface area (Å²) in [4.78, 5) is 49.6. The van der Waals surface area contributed by atoms with Gasteiger partial charge in [0.25, 0.3) is 0 Å². The average Bonchev–Trinajstić information content (AvgIpc) is 2.89. The maximum atomic E-state index is 12.7. The van der Waals surface area contributed by atoms with Crippen LogP contribution in [0.25, 0.3) is 0 Å². The normalized spacial score (nSPS) is 15.5. The van der Waals surface area contributed by atoms with E-state index in [0.29, 0.717) is 5.56 Å². The lowest BCUT2D eigenvalue weighted by Gasteiger charge is -2.23. The minimum Gasteiger partial charge on any atom is -0.458 e. The first kappa shape index (κ1) is 37.5. The Labute approximate surface area is 254 Å². The van der Waals surface area contributed by atoms with E-state index in [0.717, 1.165) is 0 Å². The van der Waals surface area contributed by atoms with E-state index in [-0.39, 0.29) is 41.8 Å². The molecular weight excluding hydrogens is 562 g/mol. The van der Waals surface area contributed by atoms with Crippen LogP contribution in [-0.2, 0) is 34.9 Å². The van der Waals surface area contributed by atoms with Crippen LogP contribution in [0.3, 0.4) is 0 Å². The van der Waals surface area contributed by atoms with Crippen molar-refractivity contribution in [3.63, 3.8) is 0 Å². The summed E-state index contributed by atoms with van der Waals surface area (Å²) < 4.78 is 37.0. The van der Waals surface area contributed by atoms with Gasteiger partial charge < -0.3 is 38.9 Å². The lowest BCUT2D eigenvalue weighted by molar-refractivity contribution is -0.155. The fourth-order valence-corrected chi connectivity index (χ4v) is 2.91. The summed E-state index contributed by atoms with van der Waals surface area (Å²) >= 11 is 0. The highest BCUT2D eigenvalue weighted by Gasteiger charge is 2.27. The molecule has 43 heavy (non-hydrogen) atoms. The zero-order valence-electron chi connectivity index (χ0n) is 27.2. The maximum absolute atomic E-state index is 12.7. The Morgan fingerprint density at radius 2 is 0.953 bits per heavy atom. The Bertz CT molecular complexity index is 1070. The van der Waals surface area contributed by atoms with Crippen molar-refractivity contribution >= 4 is 24.4 Å². The van der Waals surface area contributed by atoms with Crippen molar-refractivity contribution < 1.29 is 52.3 Å². The zero-order valence-corrected chi connectivity index (χ0v) is 27.2. The molecule has 0 aliphatic carbocycles. The molecule has 0 spiro atoms. The van der Waals surface area contributed by atoms with E-state index in [4.69, 9.17) is 38.9 Å². The molecule has 1 aromatic rings. The van der Waals surface area contributed by atoms with Gasteiger partial charge in [-0.05, 0) is 76.5 Å². The van der Waals surface area contributed by atoms with Crippen molar-refractivity contribution in [2.24, 2.45) is 23.5 Å². The molecule has 12 nitrogen and oxygen atoms in total. The lowest BCUT2D eigenvalue weighted by Crippen LogP contribution is -2.39. The summed E-state index contributed by atoms with van der Waals surface area (Å²) in [6, 6.07) is 3.24. The number of hydrogen-bond donors (Lipinski definition) is 1. The van der Waals surface area contributed by atoms with Crippen molar-refractivity contribution in [1.82, 2.24) is 0 Å². The number of hydrogen-bond acceptors (Lipinski definition) is 12. The second kappa shape index (κ2) is 17.5. The fourth-order valence-electron chi connectivity index (χ4n) is 2.91. The van der Waals surface area contributed by atoms with Crippen LogP contribution in [0, 0.1) is 17.8 Å². The summed E-state index contributed by atoms with van der Waals surface area (Å²) in [5, 5.41) is 0. The minimum atomic E-state index is -1.12. The van der Waals surface area contributed by atoms with Gasteiger partial charge in [-0.25, -0.2) is 14.4 Å². The molecule has 12 heteroatoms. The molecule has 0 aromatic heterocycles. The molecule has 3 unspecified atom stereocenters. The Morgan fingerprint density at radius 1 is 0.558 bits per heavy atom. The monoisotopic (exact) mass is 611 g/mol. The molecule has 244 valence electrons. The second-order valence-electron chi connectivity index (χ2n) is 11.7. The van der Waals surface area contributed by atoms with E-state index in [1.165, 1.54) is 12.1 Å². The van der Waals surface area contributed by atoms with Gasteiger partial charge in [-0.3, -0.25) is 4.79 Å². The Hall–Kier alpha value is -3.54.